The molecular formula is C15H17IN2. The van der Waals surface area contributed by atoms with Crippen LogP contribution in [0.5, 0.6) is 0 Å². The van der Waals surface area contributed by atoms with Crippen LogP contribution in [0.15, 0.2) is 42.7 Å². The Morgan fingerprint density at radius 2 is 1.83 bits per heavy atom. The smallest absolute Gasteiger partial charge is 0.0372 e. The third-order valence-electron chi connectivity index (χ3n) is 3.35. The molecule has 0 saturated carbocycles. The molecule has 0 spiro atoms. The molecule has 2 aromatic rings. The molecule has 0 aliphatic heterocycles. The summed E-state index contributed by atoms with van der Waals surface area (Å²) in [6.07, 6.45) is 3.64. The van der Waals surface area contributed by atoms with E-state index in [2.05, 4.69) is 59.6 Å². The number of nitrogens with zero attached hydrogens (tertiary/aromatic N) is 1. The van der Waals surface area contributed by atoms with E-state index in [4.69, 9.17) is 5.73 Å². The van der Waals surface area contributed by atoms with Crippen molar-refractivity contribution in [3.63, 3.8) is 0 Å². The van der Waals surface area contributed by atoms with Crippen LogP contribution >= 0.6 is 22.6 Å². The first-order valence-electron chi connectivity index (χ1n) is 6.01. The van der Waals surface area contributed by atoms with Crippen molar-refractivity contribution in [3.8, 4) is 0 Å². The quantitative estimate of drug-likeness (QED) is 0.854. The summed E-state index contributed by atoms with van der Waals surface area (Å²) in [5, 5.41) is 0. The van der Waals surface area contributed by atoms with Crippen molar-refractivity contribution < 1.29 is 0 Å². The van der Waals surface area contributed by atoms with E-state index in [9.17, 15) is 0 Å². The Morgan fingerprint density at radius 1 is 1.17 bits per heavy atom. The zero-order valence-corrected chi connectivity index (χ0v) is 12.8. The van der Waals surface area contributed by atoms with Crippen molar-refractivity contribution in [2.45, 2.75) is 25.8 Å². The summed E-state index contributed by atoms with van der Waals surface area (Å²) in [6.45, 7) is 4.29. The van der Waals surface area contributed by atoms with Gasteiger partial charge in [0.05, 0.1) is 0 Å². The molecule has 0 fully saturated rings. The molecule has 0 amide bonds. The van der Waals surface area contributed by atoms with E-state index in [1.807, 2.05) is 24.5 Å². The number of aryl methyl sites for hydroxylation is 1. The van der Waals surface area contributed by atoms with Crippen LogP contribution in [0.25, 0.3) is 0 Å². The van der Waals surface area contributed by atoms with Crippen LogP contribution in [0.1, 0.15) is 35.6 Å². The zero-order valence-electron chi connectivity index (χ0n) is 10.6. The van der Waals surface area contributed by atoms with Gasteiger partial charge in [0, 0.05) is 27.9 Å². The Labute approximate surface area is 122 Å². The molecule has 0 aliphatic rings. The lowest BCUT2D eigenvalue weighted by Gasteiger charge is -2.22. The third-order valence-corrected chi connectivity index (χ3v) is 4.82. The highest BCUT2D eigenvalue weighted by Gasteiger charge is 2.19. The molecule has 0 radical (unpaired) electrons. The van der Waals surface area contributed by atoms with Crippen LogP contribution < -0.4 is 5.73 Å². The highest BCUT2D eigenvalue weighted by Crippen LogP contribution is 2.31. The molecule has 2 nitrogen and oxygen atoms in total. The SMILES string of the molecule is Cc1cccc(C(N)C(C)c2ccncc2)c1I. The molecule has 0 saturated heterocycles. The van der Waals surface area contributed by atoms with E-state index in [0.29, 0.717) is 0 Å². The van der Waals surface area contributed by atoms with E-state index in [1.165, 1.54) is 20.3 Å². The standard InChI is InChI=1S/C15H17IN2/c1-10-4-3-5-13(14(10)16)15(17)11(2)12-6-8-18-9-7-12/h3-9,11,15H,17H2,1-2H3. The molecule has 2 unspecified atom stereocenters. The van der Waals surface area contributed by atoms with E-state index in [1.54, 1.807) is 0 Å². The highest BCUT2D eigenvalue weighted by molar-refractivity contribution is 14.1. The molecule has 18 heavy (non-hydrogen) atoms. The number of rotatable bonds is 3. The maximum Gasteiger partial charge on any atom is 0.0372 e. The lowest BCUT2D eigenvalue weighted by Crippen LogP contribution is -2.19. The second kappa shape index (κ2) is 5.80. The van der Waals surface area contributed by atoms with E-state index in [0.717, 1.165) is 0 Å². The number of nitrogens with two attached hydrogens (primary N) is 1. The predicted molar refractivity (Wildman–Crippen MR) is 83.5 cm³/mol. The fourth-order valence-electron chi connectivity index (χ4n) is 2.07. The van der Waals surface area contributed by atoms with Gasteiger partial charge < -0.3 is 5.73 Å². The van der Waals surface area contributed by atoms with Crippen molar-refractivity contribution in [2.75, 3.05) is 0 Å². The minimum atomic E-state index is 0.0131. The van der Waals surface area contributed by atoms with E-state index < -0.39 is 0 Å². The van der Waals surface area contributed by atoms with Gasteiger partial charge >= 0.3 is 0 Å². The summed E-state index contributed by atoms with van der Waals surface area (Å²) in [5.74, 6) is 0.281. The topological polar surface area (TPSA) is 38.9 Å². The molecule has 3 heteroatoms. The summed E-state index contributed by atoms with van der Waals surface area (Å²) in [4.78, 5) is 4.05. The van der Waals surface area contributed by atoms with Gasteiger partial charge in [-0.2, -0.15) is 0 Å². The molecule has 1 heterocycles. The van der Waals surface area contributed by atoms with Crippen LogP contribution in [0.2, 0.25) is 0 Å². The van der Waals surface area contributed by atoms with Crippen LogP contribution in [0.3, 0.4) is 0 Å². The predicted octanol–water partition coefficient (Wildman–Crippen LogP) is 3.80. The van der Waals surface area contributed by atoms with Crippen LogP contribution in [0, 0.1) is 10.5 Å². The highest BCUT2D eigenvalue weighted by atomic mass is 127. The van der Waals surface area contributed by atoms with Gasteiger partial charge in [-0.25, -0.2) is 0 Å². The minimum absolute atomic E-state index is 0.0131. The largest absolute Gasteiger partial charge is 0.323 e. The average Bonchev–Trinajstić information content (AvgIpc) is 2.41. The molecular weight excluding hydrogens is 335 g/mol. The maximum absolute atomic E-state index is 6.42. The van der Waals surface area contributed by atoms with Gasteiger partial charge in [-0.05, 0) is 58.3 Å². The monoisotopic (exact) mass is 352 g/mol. The molecule has 1 aromatic carbocycles. The summed E-state index contributed by atoms with van der Waals surface area (Å²) in [5.41, 5.74) is 10.2. The molecule has 2 atom stereocenters. The Kier molecular flexibility index (Phi) is 4.35. The van der Waals surface area contributed by atoms with Gasteiger partial charge in [-0.1, -0.05) is 25.1 Å². The minimum Gasteiger partial charge on any atom is -0.323 e. The van der Waals surface area contributed by atoms with Gasteiger partial charge in [0.15, 0.2) is 0 Å². The number of benzene rings is 1. The first kappa shape index (κ1) is 13.5. The average molecular weight is 352 g/mol. The molecule has 2 N–H and O–H groups in total. The van der Waals surface area contributed by atoms with Crippen LogP contribution in [-0.4, -0.2) is 4.98 Å². The lowest BCUT2D eigenvalue weighted by molar-refractivity contribution is 0.594. The fourth-order valence-corrected chi connectivity index (χ4v) is 2.79. The number of hydrogen-bond donors (Lipinski definition) is 1. The van der Waals surface area contributed by atoms with E-state index >= 15 is 0 Å². The second-order valence-electron chi connectivity index (χ2n) is 4.57. The van der Waals surface area contributed by atoms with Gasteiger partial charge in [-0.15, -0.1) is 0 Å². The summed E-state index contributed by atoms with van der Waals surface area (Å²) < 4.78 is 1.27. The van der Waals surface area contributed by atoms with Gasteiger partial charge in [0.1, 0.15) is 0 Å². The van der Waals surface area contributed by atoms with Crippen LogP contribution in [0.4, 0.5) is 0 Å². The summed E-state index contributed by atoms with van der Waals surface area (Å²) >= 11 is 2.38. The molecule has 94 valence electrons. The number of hydrogen-bond acceptors (Lipinski definition) is 2. The van der Waals surface area contributed by atoms with Crippen molar-refractivity contribution in [1.82, 2.24) is 4.98 Å². The zero-order chi connectivity index (χ0) is 13.1. The Balaban J connectivity index is 2.31. The Morgan fingerprint density at radius 3 is 2.50 bits per heavy atom. The first-order valence-corrected chi connectivity index (χ1v) is 7.09. The molecule has 0 bridgehead atoms. The van der Waals surface area contributed by atoms with Crippen molar-refractivity contribution >= 4 is 22.6 Å². The van der Waals surface area contributed by atoms with Crippen LogP contribution in [-0.2, 0) is 0 Å². The maximum atomic E-state index is 6.42. The van der Waals surface area contributed by atoms with Gasteiger partial charge in [0.25, 0.3) is 0 Å². The summed E-state index contributed by atoms with van der Waals surface area (Å²) in [7, 11) is 0. The summed E-state index contributed by atoms with van der Waals surface area (Å²) in [6, 6.07) is 10.4. The van der Waals surface area contributed by atoms with E-state index in [-0.39, 0.29) is 12.0 Å². The number of aromatic nitrogens is 1. The number of halogens is 1. The van der Waals surface area contributed by atoms with Crippen molar-refractivity contribution in [3.05, 3.63) is 63.0 Å². The van der Waals surface area contributed by atoms with Gasteiger partial charge in [0.2, 0.25) is 0 Å². The van der Waals surface area contributed by atoms with Crippen molar-refractivity contribution in [2.24, 2.45) is 5.73 Å². The molecule has 1 aromatic heterocycles. The van der Waals surface area contributed by atoms with Gasteiger partial charge in [-0.3, -0.25) is 4.98 Å². The molecule has 0 aliphatic carbocycles. The first-order chi connectivity index (χ1) is 8.61. The fraction of sp³-hybridized carbons (Fsp3) is 0.267. The van der Waals surface area contributed by atoms with Crippen molar-refractivity contribution in [1.29, 1.82) is 0 Å². The third kappa shape index (κ3) is 2.72. The Bertz CT molecular complexity index is 525. The Hall–Kier alpha value is -0.940. The molecule has 2 rings (SSSR count). The second-order valence-corrected chi connectivity index (χ2v) is 5.65. The normalized spacial score (nSPS) is 14.2. The lowest BCUT2D eigenvalue weighted by atomic mass is 9.89. The number of pyridine rings is 1.